The molecule has 5 heteroatoms. The number of rotatable bonds is 4. The Balaban J connectivity index is 2.48. The monoisotopic (exact) mass is 276 g/mol. The molecular formula is C13H12N2OS2. The molecule has 0 amide bonds. The summed E-state index contributed by atoms with van der Waals surface area (Å²) in [4.78, 5) is 20.6. The Labute approximate surface area is 114 Å². The topological polar surface area (TPSA) is 42.9 Å². The predicted octanol–water partition coefficient (Wildman–Crippen LogP) is 3.38. The number of allylic oxidation sites excluding steroid dienone is 1. The van der Waals surface area contributed by atoms with Crippen LogP contribution in [0, 0.1) is 0 Å². The second-order valence-electron chi connectivity index (χ2n) is 3.47. The summed E-state index contributed by atoms with van der Waals surface area (Å²) in [6.07, 6.45) is 8.88. The van der Waals surface area contributed by atoms with Gasteiger partial charge in [-0.15, -0.1) is 23.5 Å². The van der Waals surface area contributed by atoms with Crippen LogP contribution in [0.5, 0.6) is 0 Å². The molecule has 18 heavy (non-hydrogen) atoms. The molecule has 0 fully saturated rings. The van der Waals surface area contributed by atoms with E-state index in [-0.39, 0.29) is 5.78 Å². The fourth-order valence-electron chi connectivity index (χ4n) is 1.56. The maximum absolute atomic E-state index is 12.2. The molecule has 0 bridgehead atoms. The molecule has 0 spiro atoms. The highest BCUT2D eigenvalue weighted by atomic mass is 32.2. The molecule has 2 heterocycles. The normalized spacial score (nSPS) is 10.3. The molecule has 0 saturated carbocycles. The van der Waals surface area contributed by atoms with Crippen molar-refractivity contribution in [3.8, 4) is 0 Å². The van der Waals surface area contributed by atoms with Crippen LogP contribution in [0.1, 0.15) is 10.4 Å². The lowest BCUT2D eigenvalue weighted by molar-refractivity contribution is 0.104. The highest BCUT2D eigenvalue weighted by molar-refractivity contribution is 8.21. The Kier molecular flexibility index (Phi) is 4.38. The molecule has 0 N–H and O–H groups in total. The lowest BCUT2D eigenvalue weighted by Gasteiger charge is -2.02. The number of hydrogen-bond acceptors (Lipinski definition) is 5. The van der Waals surface area contributed by atoms with Crippen LogP contribution in [0.25, 0.3) is 11.0 Å². The van der Waals surface area contributed by atoms with Gasteiger partial charge < -0.3 is 0 Å². The molecule has 0 aromatic carbocycles. The molecule has 2 aromatic heterocycles. The third-order valence-corrected chi connectivity index (χ3v) is 4.45. The second-order valence-corrected chi connectivity index (χ2v) is 5.42. The third-order valence-electron chi connectivity index (χ3n) is 2.41. The van der Waals surface area contributed by atoms with Crippen LogP contribution in [-0.2, 0) is 0 Å². The van der Waals surface area contributed by atoms with Crippen molar-refractivity contribution >= 4 is 40.3 Å². The van der Waals surface area contributed by atoms with Crippen LogP contribution < -0.4 is 0 Å². The molecule has 0 atom stereocenters. The van der Waals surface area contributed by atoms with Crippen LogP contribution in [0.15, 0.2) is 40.9 Å². The van der Waals surface area contributed by atoms with Crippen molar-refractivity contribution < 1.29 is 4.79 Å². The van der Waals surface area contributed by atoms with Crippen molar-refractivity contribution in [3.63, 3.8) is 0 Å². The first kappa shape index (κ1) is 13.1. The van der Waals surface area contributed by atoms with E-state index in [1.165, 1.54) is 0 Å². The van der Waals surface area contributed by atoms with Crippen molar-refractivity contribution in [3.05, 3.63) is 46.5 Å². The van der Waals surface area contributed by atoms with Crippen molar-refractivity contribution in [2.75, 3.05) is 12.5 Å². The zero-order chi connectivity index (χ0) is 13.0. The number of hydrogen-bond donors (Lipinski definition) is 0. The van der Waals surface area contributed by atoms with Crippen LogP contribution in [-0.4, -0.2) is 28.3 Å². The lowest BCUT2D eigenvalue weighted by Crippen LogP contribution is -1.99. The summed E-state index contributed by atoms with van der Waals surface area (Å²) in [7, 11) is 0. The molecule has 0 radical (unpaired) electrons. The molecular weight excluding hydrogens is 264 g/mol. The van der Waals surface area contributed by atoms with E-state index in [0.717, 1.165) is 9.75 Å². The van der Waals surface area contributed by atoms with E-state index in [1.54, 1.807) is 48.1 Å². The third kappa shape index (κ3) is 2.73. The average Bonchev–Trinajstić information content (AvgIpc) is 2.43. The summed E-state index contributed by atoms with van der Waals surface area (Å²) in [5, 5.41) is 0. The second kappa shape index (κ2) is 6.02. The Bertz CT molecular complexity index is 599. The molecule has 0 unspecified atom stereocenters. The van der Waals surface area contributed by atoms with Crippen molar-refractivity contribution in [1.29, 1.82) is 0 Å². The van der Waals surface area contributed by atoms with Gasteiger partial charge in [0.1, 0.15) is 0 Å². The van der Waals surface area contributed by atoms with Gasteiger partial charge in [-0.1, -0.05) is 0 Å². The zero-order valence-corrected chi connectivity index (χ0v) is 11.7. The molecule has 0 aliphatic carbocycles. The van der Waals surface area contributed by atoms with E-state index < -0.39 is 0 Å². The Hall–Kier alpha value is -1.33. The highest BCUT2D eigenvalue weighted by Gasteiger charge is 2.10. The first-order valence-corrected chi connectivity index (χ1v) is 7.75. The van der Waals surface area contributed by atoms with Crippen molar-refractivity contribution in [2.45, 2.75) is 0 Å². The summed E-state index contributed by atoms with van der Waals surface area (Å²) < 4.78 is 0.987. The van der Waals surface area contributed by atoms with Crippen molar-refractivity contribution in [2.24, 2.45) is 0 Å². The quantitative estimate of drug-likeness (QED) is 0.632. The summed E-state index contributed by atoms with van der Waals surface area (Å²) >= 11 is 3.13. The number of nitrogens with zero attached hydrogens (tertiary/aromatic N) is 2. The SMILES string of the molecule is CSC(=CC(=O)c1ccnc2cccnc12)SC. The van der Waals surface area contributed by atoms with Gasteiger partial charge in [0.05, 0.1) is 16.6 Å². The van der Waals surface area contributed by atoms with Gasteiger partial charge in [-0.2, -0.15) is 0 Å². The van der Waals surface area contributed by atoms with E-state index in [0.29, 0.717) is 11.1 Å². The molecule has 92 valence electrons. The molecule has 0 saturated heterocycles. The molecule has 0 aliphatic heterocycles. The highest BCUT2D eigenvalue weighted by Crippen LogP contribution is 2.24. The van der Waals surface area contributed by atoms with E-state index in [2.05, 4.69) is 9.97 Å². The largest absolute Gasteiger partial charge is 0.289 e. The van der Waals surface area contributed by atoms with Crippen molar-refractivity contribution in [1.82, 2.24) is 9.97 Å². The summed E-state index contributed by atoms with van der Waals surface area (Å²) in [6, 6.07) is 5.38. The van der Waals surface area contributed by atoms with Gasteiger partial charge in [0.2, 0.25) is 0 Å². The molecule has 3 nitrogen and oxygen atoms in total. The first-order chi connectivity index (χ1) is 8.76. The van der Waals surface area contributed by atoms with Gasteiger partial charge >= 0.3 is 0 Å². The molecule has 2 aromatic rings. The van der Waals surface area contributed by atoms with E-state index in [9.17, 15) is 4.79 Å². The molecule has 0 aliphatic rings. The standard InChI is InChI=1S/C13H12N2OS2/c1-17-12(18-2)8-11(16)9-5-7-14-10-4-3-6-15-13(9)10/h3-8H,1-2H3. The summed E-state index contributed by atoms with van der Waals surface area (Å²) in [6.45, 7) is 0. The molecule has 2 rings (SSSR count). The van der Waals surface area contributed by atoms with Gasteiger partial charge in [0.25, 0.3) is 0 Å². The maximum atomic E-state index is 12.2. The van der Waals surface area contributed by atoms with E-state index >= 15 is 0 Å². The average molecular weight is 276 g/mol. The van der Waals surface area contributed by atoms with Gasteiger partial charge in [0, 0.05) is 22.7 Å². The Morgan fingerprint density at radius 2 is 1.94 bits per heavy atom. The van der Waals surface area contributed by atoms with Crippen LogP contribution in [0.4, 0.5) is 0 Å². The first-order valence-electron chi connectivity index (χ1n) is 5.30. The summed E-state index contributed by atoms with van der Waals surface area (Å²) in [5.74, 6) is -0.0280. The predicted molar refractivity (Wildman–Crippen MR) is 79.0 cm³/mol. The van der Waals surface area contributed by atoms with Crippen LogP contribution in [0.3, 0.4) is 0 Å². The Morgan fingerprint density at radius 3 is 2.67 bits per heavy atom. The minimum atomic E-state index is -0.0280. The number of aromatic nitrogens is 2. The van der Waals surface area contributed by atoms with E-state index in [4.69, 9.17) is 0 Å². The number of fused-ring (bicyclic) bond motifs is 1. The van der Waals surface area contributed by atoms with Gasteiger partial charge in [-0.05, 0) is 30.7 Å². The smallest absolute Gasteiger partial charge is 0.189 e. The number of pyridine rings is 2. The van der Waals surface area contributed by atoms with Gasteiger partial charge in [-0.25, -0.2) is 0 Å². The van der Waals surface area contributed by atoms with Crippen LogP contribution in [0.2, 0.25) is 0 Å². The number of ketones is 1. The number of thioether (sulfide) groups is 2. The fourth-order valence-corrected chi connectivity index (χ4v) is 2.68. The van der Waals surface area contributed by atoms with Gasteiger partial charge in [-0.3, -0.25) is 14.8 Å². The zero-order valence-electron chi connectivity index (χ0n) is 10.1. The number of carbonyl (C=O) groups excluding carboxylic acids is 1. The number of carbonyl (C=O) groups is 1. The minimum absolute atomic E-state index is 0.0280. The van der Waals surface area contributed by atoms with Crippen LogP contribution >= 0.6 is 23.5 Å². The fraction of sp³-hybridized carbons (Fsp3) is 0.154. The summed E-state index contributed by atoms with van der Waals surface area (Å²) in [5.41, 5.74) is 2.00. The Morgan fingerprint density at radius 1 is 1.17 bits per heavy atom. The van der Waals surface area contributed by atoms with E-state index in [1.807, 2.05) is 24.6 Å². The van der Waals surface area contributed by atoms with Gasteiger partial charge in [0.15, 0.2) is 5.78 Å². The maximum Gasteiger partial charge on any atom is 0.189 e. The minimum Gasteiger partial charge on any atom is -0.289 e. The lowest BCUT2D eigenvalue weighted by atomic mass is 10.1.